The first-order valence-corrected chi connectivity index (χ1v) is 4.56. The summed E-state index contributed by atoms with van der Waals surface area (Å²) in [7, 11) is 0. The zero-order valence-corrected chi connectivity index (χ0v) is 8.91. The lowest BCUT2D eigenvalue weighted by Gasteiger charge is -2.10. The Morgan fingerprint density at radius 2 is 1.21 bits per heavy atom. The number of aliphatic carboxylic acids is 1. The van der Waals surface area contributed by atoms with Gasteiger partial charge in [-0.05, 0) is 0 Å². The molecule has 0 bridgehead atoms. The Morgan fingerprint density at radius 1 is 0.789 bits per heavy atom. The van der Waals surface area contributed by atoms with E-state index >= 15 is 0 Å². The molecule has 1 rings (SSSR count). The highest BCUT2D eigenvalue weighted by molar-refractivity contribution is 5.95. The lowest BCUT2D eigenvalue weighted by Crippen LogP contribution is -2.19. The summed E-state index contributed by atoms with van der Waals surface area (Å²) in [4.78, 5) is 31.7. The van der Waals surface area contributed by atoms with Crippen molar-refractivity contribution in [2.45, 2.75) is 6.42 Å². The molecule has 3 N–H and O–H groups in total. The van der Waals surface area contributed by atoms with Gasteiger partial charge < -0.3 is 15.3 Å². The first-order valence-electron chi connectivity index (χ1n) is 4.56. The molecule has 0 amide bonds. The fourth-order valence-corrected chi connectivity index (χ4v) is 1.44. The zero-order chi connectivity index (χ0) is 14.9. The smallest absolute Gasteiger partial charge is 0.341 e. The van der Waals surface area contributed by atoms with Crippen LogP contribution in [0, 0.1) is 17.5 Å². The quantitative estimate of drug-likeness (QED) is 0.712. The molecule has 0 saturated heterocycles. The summed E-state index contributed by atoms with van der Waals surface area (Å²) in [6.45, 7) is 0. The Labute approximate surface area is 102 Å². The zero-order valence-electron chi connectivity index (χ0n) is 8.91. The summed E-state index contributed by atoms with van der Waals surface area (Å²) in [6.07, 6.45) is -1.30. The van der Waals surface area contributed by atoms with Gasteiger partial charge in [0.05, 0.1) is 6.42 Å². The molecule has 19 heavy (non-hydrogen) atoms. The summed E-state index contributed by atoms with van der Waals surface area (Å²) in [5.41, 5.74) is -4.52. The first-order chi connectivity index (χ1) is 8.68. The second kappa shape index (κ2) is 4.96. The number of benzene rings is 1. The highest BCUT2D eigenvalue weighted by atomic mass is 19.2. The minimum Gasteiger partial charge on any atom is -0.481 e. The Balaban J connectivity index is 3.80. The molecule has 1 aromatic carbocycles. The molecule has 0 aromatic heterocycles. The van der Waals surface area contributed by atoms with Gasteiger partial charge in [-0.1, -0.05) is 0 Å². The number of hydrogen-bond donors (Lipinski definition) is 3. The standard InChI is InChI=1S/C10H5F3O6/c11-6-2(1-3(14)15)4(9(16)17)7(12)8(13)5(6)10(18)19/h1H2,(H,14,15)(H,16,17)(H,18,19). The van der Waals surface area contributed by atoms with Crippen LogP contribution in [0.15, 0.2) is 0 Å². The van der Waals surface area contributed by atoms with Crippen molar-refractivity contribution in [2.24, 2.45) is 0 Å². The van der Waals surface area contributed by atoms with Crippen LogP contribution in [0.25, 0.3) is 0 Å². The molecule has 0 aliphatic carbocycles. The van der Waals surface area contributed by atoms with Gasteiger partial charge in [-0.25, -0.2) is 22.8 Å². The Hall–Kier alpha value is -2.58. The third kappa shape index (κ3) is 2.49. The van der Waals surface area contributed by atoms with E-state index in [-0.39, 0.29) is 0 Å². The van der Waals surface area contributed by atoms with Crippen molar-refractivity contribution in [3.8, 4) is 0 Å². The summed E-state index contributed by atoms with van der Waals surface area (Å²) < 4.78 is 40.3. The molecule has 0 atom stereocenters. The van der Waals surface area contributed by atoms with Crippen LogP contribution >= 0.6 is 0 Å². The van der Waals surface area contributed by atoms with E-state index < -0.39 is 58.5 Å². The number of rotatable bonds is 4. The molecule has 0 aliphatic rings. The Kier molecular flexibility index (Phi) is 3.78. The molecule has 9 heteroatoms. The molecule has 102 valence electrons. The van der Waals surface area contributed by atoms with Crippen LogP contribution < -0.4 is 0 Å². The minimum atomic E-state index is -2.20. The molecule has 0 saturated carbocycles. The predicted octanol–water partition coefficient (Wildman–Crippen LogP) is 1.13. The van der Waals surface area contributed by atoms with E-state index in [1.807, 2.05) is 0 Å². The summed E-state index contributed by atoms with van der Waals surface area (Å²) in [5, 5.41) is 25.6. The topological polar surface area (TPSA) is 112 Å². The number of aromatic carboxylic acids is 2. The van der Waals surface area contributed by atoms with Gasteiger partial charge in [-0.2, -0.15) is 0 Å². The number of carboxylic acids is 3. The fourth-order valence-electron chi connectivity index (χ4n) is 1.44. The summed E-state index contributed by atoms with van der Waals surface area (Å²) in [6, 6.07) is 0. The van der Waals surface area contributed by atoms with Gasteiger partial charge in [-0.15, -0.1) is 0 Å². The van der Waals surface area contributed by atoms with Crippen molar-refractivity contribution in [1.82, 2.24) is 0 Å². The first kappa shape index (κ1) is 14.5. The van der Waals surface area contributed by atoms with Crippen molar-refractivity contribution in [3.05, 3.63) is 34.1 Å². The van der Waals surface area contributed by atoms with Crippen molar-refractivity contribution in [3.63, 3.8) is 0 Å². The van der Waals surface area contributed by atoms with E-state index in [1.165, 1.54) is 0 Å². The van der Waals surface area contributed by atoms with Gasteiger partial charge in [-0.3, -0.25) is 4.79 Å². The van der Waals surface area contributed by atoms with Crippen LogP contribution in [-0.2, 0) is 11.2 Å². The minimum absolute atomic E-state index is 1.24. The Morgan fingerprint density at radius 3 is 1.58 bits per heavy atom. The van der Waals surface area contributed by atoms with Gasteiger partial charge in [0.2, 0.25) is 0 Å². The van der Waals surface area contributed by atoms with E-state index in [4.69, 9.17) is 15.3 Å². The van der Waals surface area contributed by atoms with Gasteiger partial charge in [0, 0.05) is 5.56 Å². The third-order valence-corrected chi connectivity index (χ3v) is 2.17. The fraction of sp³-hybridized carbons (Fsp3) is 0.100. The van der Waals surface area contributed by atoms with E-state index in [0.29, 0.717) is 0 Å². The van der Waals surface area contributed by atoms with Gasteiger partial charge in [0.25, 0.3) is 0 Å². The summed E-state index contributed by atoms with van der Waals surface area (Å²) in [5.74, 6) is -12.3. The average molecular weight is 278 g/mol. The van der Waals surface area contributed by atoms with Crippen molar-refractivity contribution in [1.29, 1.82) is 0 Å². The molecule has 0 spiro atoms. The molecule has 0 fully saturated rings. The maximum Gasteiger partial charge on any atom is 0.341 e. The molecule has 0 heterocycles. The number of carbonyl (C=O) groups is 3. The number of carboxylic acid groups (broad SMARTS) is 3. The lowest BCUT2D eigenvalue weighted by atomic mass is 9.98. The van der Waals surface area contributed by atoms with Crippen molar-refractivity contribution >= 4 is 17.9 Å². The highest BCUT2D eigenvalue weighted by Gasteiger charge is 2.32. The van der Waals surface area contributed by atoms with Crippen LogP contribution in [0.1, 0.15) is 26.3 Å². The van der Waals surface area contributed by atoms with E-state index in [1.54, 1.807) is 0 Å². The van der Waals surface area contributed by atoms with Crippen molar-refractivity contribution < 1.29 is 42.9 Å². The van der Waals surface area contributed by atoms with E-state index in [9.17, 15) is 27.6 Å². The second-order valence-corrected chi connectivity index (χ2v) is 3.35. The maximum absolute atomic E-state index is 13.6. The van der Waals surface area contributed by atoms with Crippen molar-refractivity contribution in [2.75, 3.05) is 0 Å². The van der Waals surface area contributed by atoms with Gasteiger partial charge in [0.1, 0.15) is 16.9 Å². The monoisotopic (exact) mass is 278 g/mol. The molecule has 6 nitrogen and oxygen atoms in total. The second-order valence-electron chi connectivity index (χ2n) is 3.35. The largest absolute Gasteiger partial charge is 0.481 e. The number of halogens is 3. The molecule has 0 unspecified atom stereocenters. The maximum atomic E-state index is 13.6. The third-order valence-electron chi connectivity index (χ3n) is 2.17. The van der Waals surface area contributed by atoms with Gasteiger partial charge >= 0.3 is 17.9 Å². The molecule has 1 aromatic rings. The highest BCUT2D eigenvalue weighted by Crippen LogP contribution is 2.26. The molecule has 0 radical (unpaired) electrons. The van der Waals surface area contributed by atoms with E-state index in [0.717, 1.165) is 0 Å². The average Bonchev–Trinajstić information content (AvgIpc) is 2.24. The van der Waals surface area contributed by atoms with Crippen LogP contribution in [0.2, 0.25) is 0 Å². The predicted molar refractivity (Wildman–Crippen MR) is 51.6 cm³/mol. The molecular formula is C10H5F3O6. The van der Waals surface area contributed by atoms with Crippen LogP contribution in [0.3, 0.4) is 0 Å². The Bertz CT molecular complexity index is 596. The molecular weight excluding hydrogens is 273 g/mol. The van der Waals surface area contributed by atoms with Crippen LogP contribution in [-0.4, -0.2) is 33.2 Å². The lowest BCUT2D eigenvalue weighted by molar-refractivity contribution is -0.136. The van der Waals surface area contributed by atoms with Crippen LogP contribution in [0.4, 0.5) is 13.2 Å². The van der Waals surface area contributed by atoms with Crippen LogP contribution in [0.5, 0.6) is 0 Å². The number of hydrogen-bond acceptors (Lipinski definition) is 3. The van der Waals surface area contributed by atoms with E-state index in [2.05, 4.69) is 0 Å². The summed E-state index contributed by atoms with van der Waals surface area (Å²) >= 11 is 0. The normalized spacial score (nSPS) is 10.3. The SMILES string of the molecule is O=C(O)Cc1c(F)c(C(=O)O)c(F)c(F)c1C(=O)O. The van der Waals surface area contributed by atoms with Gasteiger partial charge in [0.15, 0.2) is 11.6 Å². The molecule has 0 aliphatic heterocycles.